The van der Waals surface area contributed by atoms with Gasteiger partial charge >= 0.3 is 5.97 Å². The number of hydrogen-bond acceptors (Lipinski definition) is 5. The van der Waals surface area contributed by atoms with E-state index in [1.807, 2.05) is 42.5 Å². The lowest BCUT2D eigenvalue weighted by Gasteiger charge is -2.05. The van der Waals surface area contributed by atoms with Gasteiger partial charge in [0.25, 0.3) is 5.91 Å². The van der Waals surface area contributed by atoms with Crippen molar-refractivity contribution in [3.8, 4) is 22.4 Å². The molecule has 4 aromatic rings. The van der Waals surface area contributed by atoms with Crippen LogP contribution in [0.5, 0.6) is 0 Å². The van der Waals surface area contributed by atoms with Crippen LogP contribution in [0.4, 0.5) is 5.88 Å². The summed E-state index contributed by atoms with van der Waals surface area (Å²) < 4.78 is 5.11. The molecule has 0 aliphatic heterocycles. The predicted octanol–water partition coefficient (Wildman–Crippen LogP) is 4.35. The number of carboxylic acids is 1. The zero-order valence-electron chi connectivity index (χ0n) is 15.1. The quantitative estimate of drug-likeness (QED) is 0.529. The maximum absolute atomic E-state index is 12.6. The van der Waals surface area contributed by atoms with E-state index in [1.165, 1.54) is 12.4 Å². The molecule has 0 bridgehead atoms. The second-order valence-corrected chi connectivity index (χ2v) is 6.17. The number of carboxylic acid groups (broad SMARTS) is 1. The first-order chi connectivity index (χ1) is 14.1. The Morgan fingerprint density at radius 1 is 0.828 bits per heavy atom. The number of benzene rings is 2. The van der Waals surface area contributed by atoms with Gasteiger partial charge in [-0.15, -0.1) is 0 Å². The molecule has 0 spiro atoms. The van der Waals surface area contributed by atoms with E-state index >= 15 is 0 Å². The topological polar surface area (TPSA) is 105 Å². The van der Waals surface area contributed by atoms with Crippen molar-refractivity contribution in [3.63, 3.8) is 0 Å². The maximum atomic E-state index is 12.6. The van der Waals surface area contributed by atoms with Gasteiger partial charge in [-0.25, -0.2) is 4.79 Å². The van der Waals surface area contributed by atoms with Crippen LogP contribution >= 0.6 is 0 Å². The molecule has 0 saturated heterocycles. The molecule has 0 aliphatic carbocycles. The van der Waals surface area contributed by atoms with Crippen molar-refractivity contribution in [1.82, 2.24) is 10.1 Å². The van der Waals surface area contributed by atoms with Gasteiger partial charge in [0.2, 0.25) is 5.88 Å². The number of carbonyl (C=O) groups excluding carboxylic acids is 1. The second-order valence-electron chi connectivity index (χ2n) is 6.17. The molecule has 0 atom stereocenters. The summed E-state index contributed by atoms with van der Waals surface area (Å²) in [4.78, 5) is 28.2. The Kier molecular flexibility index (Phi) is 4.86. The molecule has 2 aromatic carbocycles. The Hall–Kier alpha value is -4.26. The minimum absolute atomic E-state index is 0.120. The van der Waals surface area contributed by atoms with Gasteiger partial charge in [-0.1, -0.05) is 47.6 Å². The number of carbonyl (C=O) groups is 2. The summed E-state index contributed by atoms with van der Waals surface area (Å²) in [6, 6.07) is 20.0. The van der Waals surface area contributed by atoms with Crippen LogP contribution < -0.4 is 5.32 Å². The first kappa shape index (κ1) is 18.1. The number of amides is 1. The van der Waals surface area contributed by atoms with E-state index in [9.17, 15) is 14.7 Å². The molecule has 1 amide bonds. The number of hydrogen-bond donors (Lipinski definition) is 2. The Balaban J connectivity index is 1.59. The van der Waals surface area contributed by atoms with Gasteiger partial charge in [-0.2, -0.15) is 0 Å². The van der Waals surface area contributed by atoms with Crippen LogP contribution in [0.25, 0.3) is 22.4 Å². The number of nitrogens with zero attached hydrogens (tertiary/aromatic N) is 2. The second kappa shape index (κ2) is 7.77. The molecule has 142 valence electrons. The summed E-state index contributed by atoms with van der Waals surface area (Å²) in [6.45, 7) is 0. The summed E-state index contributed by atoms with van der Waals surface area (Å²) in [6.07, 6.45) is 3.03. The summed E-state index contributed by atoms with van der Waals surface area (Å²) >= 11 is 0. The van der Waals surface area contributed by atoms with E-state index in [-0.39, 0.29) is 17.1 Å². The third-order valence-corrected chi connectivity index (χ3v) is 4.34. The average molecular weight is 385 g/mol. The molecule has 2 heterocycles. The molecule has 2 N–H and O–H groups in total. The molecule has 29 heavy (non-hydrogen) atoms. The van der Waals surface area contributed by atoms with Gasteiger partial charge in [0.05, 0.1) is 0 Å². The number of pyridine rings is 1. The Labute approximate surface area is 165 Å². The highest BCUT2D eigenvalue weighted by atomic mass is 16.5. The molecule has 0 aliphatic rings. The van der Waals surface area contributed by atoms with Crippen molar-refractivity contribution in [2.75, 3.05) is 5.32 Å². The third kappa shape index (κ3) is 3.74. The van der Waals surface area contributed by atoms with Crippen molar-refractivity contribution in [3.05, 3.63) is 90.3 Å². The van der Waals surface area contributed by atoms with Crippen molar-refractivity contribution in [2.24, 2.45) is 0 Å². The normalized spacial score (nSPS) is 10.5. The van der Waals surface area contributed by atoms with E-state index in [2.05, 4.69) is 15.5 Å². The SMILES string of the molecule is O=C(Nc1onc(-c2ccncc2)c1C(=O)O)c1ccc(-c2ccccc2)cc1. The van der Waals surface area contributed by atoms with Gasteiger partial charge in [0.1, 0.15) is 5.69 Å². The fourth-order valence-electron chi connectivity index (χ4n) is 2.90. The van der Waals surface area contributed by atoms with Crippen LogP contribution in [0.15, 0.2) is 83.6 Å². The lowest BCUT2D eigenvalue weighted by Crippen LogP contribution is -2.14. The molecule has 7 nitrogen and oxygen atoms in total. The molecule has 2 aromatic heterocycles. The first-order valence-electron chi connectivity index (χ1n) is 8.73. The maximum Gasteiger partial charge on any atom is 0.343 e. The van der Waals surface area contributed by atoms with Gasteiger partial charge in [-0.3, -0.25) is 15.1 Å². The smallest absolute Gasteiger partial charge is 0.343 e. The van der Waals surface area contributed by atoms with E-state index in [0.717, 1.165) is 11.1 Å². The largest absolute Gasteiger partial charge is 0.477 e. The van der Waals surface area contributed by atoms with E-state index in [1.54, 1.807) is 24.3 Å². The Morgan fingerprint density at radius 3 is 2.14 bits per heavy atom. The monoisotopic (exact) mass is 385 g/mol. The van der Waals surface area contributed by atoms with Gasteiger partial charge in [0.15, 0.2) is 5.56 Å². The van der Waals surface area contributed by atoms with Crippen molar-refractivity contribution < 1.29 is 19.2 Å². The predicted molar refractivity (Wildman–Crippen MR) is 107 cm³/mol. The van der Waals surface area contributed by atoms with Gasteiger partial charge in [0, 0.05) is 23.5 Å². The highest BCUT2D eigenvalue weighted by molar-refractivity contribution is 6.08. The highest BCUT2D eigenvalue weighted by Crippen LogP contribution is 2.29. The molecule has 0 unspecified atom stereocenters. The molecule has 7 heteroatoms. The molecule has 0 radical (unpaired) electrons. The first-order valence-corrected chi connectivity index (χ1v) is 8.73. The van der Waals surface area contributed by atoms with Crippen molar-refractivity contribution >= 4 is 17.8 Å². The Bertz CT molecular complexity index is 1150. The summed E-state index contributed by atoms with van der Waals surface area (Å²) in [5.74, 6) is -1.97. The van der Waals surface area contributed by atoms with Crippen molar-refractivity contribution in [1.29, 1.82) is 0 Å². The standard InChI is InChI=1S/C22H15N3O4/c26-20(17-8-6-15(7-9-17)14-4-2-1-3-5-14)24-21-18(22(27)28)19(25-29-21)16-10-12-23-13-11-16/h1-13H,(H,24,26)(H,27,28). The summed E-state index contributed by atoms with van der Waals surface area (Å²) in [5.41, 5.74) is 2.79. The minimum Gasteiger partial charge on any atom is -0.477 e. The number of anilines is 1. The number of nitrogens with one attached hydrogen (secondary N) is 1. The number of rotatable bonds is 5. The molecule has 0 saturated carbocycles. The summed E-state index contributed by atoms with van der Waals surface area (Å²) in [7, 11) is 0. The third-order valence-electron chi connectivity index (χ3n) is 4.34. The fraction of sp³-hybridized carbons (Fsp3) is 0. The van der Waals surface area contributed by atoms with Crippen LogP contribution in [0.2, 0.25) is 0 Å². The van der Waals surface area contributed by atoms with Gasteiger partial charge < -0.3 is 9.63 Å². The lowest BCUT2D eigenvalue weighted by atomic mass is 10.0. The Morgan fingerprint density at radius 2 is 1.48 bits per heavy atom. The highest BCUT2D eigenvalue weighted by Gasteiger charge is 2.25. The molecular formula is C22H15N3O4. The van der Waals surface area contributed by atoms with Crippen LogP contribution in [-0.4, -0.2) is 27.1 Å². The van der Waals surface area contributed by atoms with E-state index in [4.69, 9.17) is 4.52 Å². The minimum atomic E-state index is -1.26. The number of aromatic carboxylic acids is 1. The van der Waals surface area contributed by atoms with Crippen LogP contribution in [0, 0.1) is 0 Å². The molecular weight excluding hydrogens is 370 g/mol. The summed E-state index contributed by atoms with van der Waals surface area (Å²) in [5, 5.41) is 15.9. The molecule has 0 fully saturated rings. The van der Waals surface area contributed by atoms with E-state index in [0.29, 0.717) is 11.1 Å². The van der Waals surface area contributed by atoms with Crippen LogP contribution in [0.1, 0.15) is 20.7 Å². The van der Waals surface area contributed by atoms with E-state index < -0.39 is 11.9 Å². The molecule has 4 rings (SSSR count). The van der Waals surface area contributed by atoms with Crippen LogP contribution in [0.3, 0.4) is 0 Å². The lowest BCUT2D eigenvalue weighted by molar-refractivity contribution is 0.0698. The number of aromatic nitrogens is 2. The van der Waals surface area contributed by atoms with Crippen molar-refractivity contribution in [2.45, 2.75) is 0 Å². The zero-order valence-corrected chi connectivity index (χ0v) is 15.1. The fourth-order valence-corrected chi connectivity index (χ4v) is 2.90. The van der Waals surface area contributed by atoms with Gasteiger partial charge in [-0.05, 0) is 35.4 Å². The average Bonchev–Trinajstić information content (AvgIpc) is 3.19. The zero-order chi connectivity index (χ0) is 20.2. The van der Waals surface area contributed by atoms with Crippen LogP contribution in [-0.2, 0) is 0 Å².